The fourth-order valence-electron chi connectivity index (χ4n) is 2.73. The van der Waals surface area contributed by atoms with Gasteiger partial charge in [0.05, 0.1) is 13.5 Å². The van der Waals surface area contributed by atoms with Crippen molar-refractivity contribution in [3.05, 3.63) is 0 Å². The predicted molar refractivity (Wildman–Crippen MR) is 112 cm³/mol. The molecule has 15 heteroatoms. The van der Waals surface area contributed by atoms with Crippen LogP contribution in [0.2, 0.25) is 0 Å². The summed E-state index contributed by atoms with van der Waals surface area (Å²) in [6.07, 6.45) is -0.506. The highest BCUT2D eigenvalue weighted by atomic mass is 16.7. The lowest BCUT2D eigenvalue weighted by Gasteiger charge is -2.15. The van der Waals surface area contributed by atoms with Crippen LogP contribution in [0, 0.1) is 0 Å². The van der Waals surface area contributed by atoms with Crippen LogP contribution < -0.4 is 0 Å². The van der Waals surface area contributed by atoms with Crippen molar-refractivity contribution in [1.82, 2.24) is 10.1 Å². The second kappa shape index (κ2) is 15.2. The zero-order valence-electron chi connectivity index (χ0n) is 20.1. The zero-order chi connectivity index (χ0) is 27.3. The van der Waals surface area contributed by atoms with Crippen molar-refractivity contribution in [2.24, 2.45) is 0 Å². The van der Waals surface area contributed by atoms with Gasteiger partial charge < -0.3 is 23.9 Å². The molecule has 4 amide bonds. The Labute approximate surface area is 205 Å². The molecule has 0 spiro atoms. The van der Waals surface area contributed by atoms with Gasteiger partial charge in [0.15, 0.2) is 0 Å². The molecular weight excluding hydrogens is 488 g/mol. The van der Waals surface area contributed by atoms with Crippen molar-refractivity contribution in [2.45, 2.75) is 64.4 Å². The van der Waals surface area contributed by atoms with E-state index in [4.69, 9.17) is 4.74 Å². The molecule has 2 heterocycles. The minimum absolute atomic E-state index is 0.0322. The van der Waals surface area contributed by atoms with Gasteiger partial charge in [-0.15, -0.1) is 10.1 Å². The van der Waals surface area contributed by atoms with Crippen molar-refractivity contribution < 1.29 is 62.2 Å². The molecule has 36 heavy (non-hydrogen) atoms. The van der Waals surface area contributed by atoms with Gasteiger partial charge in [-0.2, -0.15) is 0 Å². The summed E-state index contributed by atoms with van der Waals surface area (Å²) in [4.78, 5) is 98.3. The predicted octanol–water partition coefficient (Wildman–Crippen LogP) is -0.501. The smallest absolute Gasteiger partial charge is 0.336 e. The first-order valence-electron chi connectivity index (χ1n) is 10.9. The van der Waals surface area contributed by atoms with E-state index in [1.54, 1.807) is 0 Å². The third-order valence-electron chi connectivity index (χ3n) is 4.44. The van der Waals surface area contributed by atoms with Crippen LogP contribution in [0.25, 0.3) is 0 Å². The van der Waals surface area contributed by atoms with Crippen LogP contribution >= 0.6 is 0 Å². The number of rotatable bonds is 11. The summed E-state index contributed by atoms with van der Waals surface area (Å²) in [6, 6.07) is 0. The molecule has 2 rings (SSSR count). The summed E-state index contributed by atoms with van der Waals surface area (Å²) in [5.41, 5.74) is 0. The summed E-state index contributed by atoms with van der Waals surface area (Å²) in [5.74, 6) is -4.71. The highest BCUT2D eigenvalue weighted by Crippen LogP contribution is 2.14. The molecule has 0 radical (unpaired) electrons. The molecule has 1 unspecified atom stereocenters. The molecule has 0 bridgehead atoms. The van der Waals surface area contributed by atoms with Crippen molar-refractivity contribution in [3.8, 4) is 0 Å². The summed E-state index contributed by atoms with van der Waals surface area (Å²) in [7, 11) is 2.59. The Bertz CT molecular complexity index is 853. The number of amides is 4. The lowest BCUT2D eigenvalue weighted by Crippen LogP contribution is -2.33. The number of ether oxygens (including phenoxy) is 3. The summed E-state index contributed by atoms with van der Waals surface area (Å²) in [6.45, 7) is 1.27. The maximum atomic E-state index is 11.4. The number of carbonyl (C=O) groups excluding carboxylic acids is 8. The van der Waals surface area contributed by atoms with Gasteiger partial charge in [0, 0.05) is 45.6 Å². The lowest BCUT2D eigenvalue weighted by molar-refractivity contribution is -0.199. The van der Waals surface area contributed by atoms with E-state index >= 15 is 0 Å². The quantitative estimate of drug-likeness (QED) is 0.252. The number of nitrogens with zero attached hydrogens (tertiary/aromatic N) is 2. The van der Waals surface area contributed by atoms with E-state index in [1.807, 2.05) is 0 Å². The lowest BCUT2D eigenvalue weighted by atomic mass is 10.2. The maximum Gasteiger partial charge on any atom is 0.336 e. The number of methoxy groups -OCH3 is 2. The summed E-state index contributed by atoms with van der Waals surface area (Å²) in [5, 5.41) is 0.937. The standard InChI is InChI=1S/C11H15NO7.C10H13NO6/c1-7(18-11(16)6-17-2)5-10(15)19-12-8(13)3-4-9(12)14;1-16-9(14)3-2-4-10(15)17-11-7(12)5-6-8(11)13/h7H,3-6H2,1-2H3;2-6H2,1H3. The second-order valence-electron chi connectivity index (χ2n) is 7.46. The van der Waals surface area contributed by atoms with Gasteiger partial charge in [0.2, 0.25) is 0 Å². The molecule has 2 saturated heterocycles. The van der Waals surface area contributed by atoms with Crippen LogP contribution in [0.5, 0.6) is 0 Å². The van der Waals surface area contributed by atoms with Crippen LogP contribution in [-0.2, 0) is 62.2 Å². The Hall–Kier alpha value is -3.88. The zero-order valence-corrected chi connectivity index (χ0v) is 20.1. The average molecular weight is 516 g/mol. The molecule has 2 aliphatic rings. The van der Waals surface area contributed by atoms with Gasteiger partial charge in [-0.25, -0.2) is 14.4 Å². The number of carbonyl (C=O) groups is 8. The van der Waals surface area contributed by atoms with E-state index in [0.29, 0.717) is 10.1 Å². The van der Waals surface area contributed by atoms with Gasteiger partial charge in [-0.3, -0.25) is 24.0 Å². The topological polar surface area (TPSA) is 189 Å². The van der Waals surface area contributed by atoms with Gasteiger partial charge in [-0.1, -0.05) is 0 Å². The van der Waals surface area contributed by atoms with Crippen molar-refractivity contribution in [1.29, 1.82) is 0 Å². The first-order chi connectivity index (χ1) is 17.0. The molecule has 0 saturated carbocycles. The second-order valence-corrected chi connectivity index (χ2v) is 7.46. The van der Waals surface area contributed by atoms with Crippen LogP contribution in [-0.4, -0.2) is 84.6 Å². The molecule has 1 atom stereocenters. The van der Waals surface area contributed by atoms with Gasteiger partial charge in [-0.05, 0) is 13.3 Å². The van der Waals surface area contributed by atoms with Gasteiger partial charge >= 0.3 is 23.9 Å². The number of esters is 2. The largest absolute Gasteiger partial charge is 0.469 e. The molecular formula is C21H28N2O13. The van der Waals surface area contributed by atoms with E-state index in [2.05, 4.69) is 19.1 Å². The Morgan fingerprint density at radius 2 is 1.17 bits per heavy atom. The average Bonchev–Trinajstić information content (AvgIpc) is 3.29. The Kier molecular flexibility index (Phi) is 12.7. The molecule has 2 fully saturated rings. The Morgan fingerprint density at radius 3 is 1.61 bits per heavy atom. The first-order valence-corrected chi connectivity index (χ1v) is 10.9. The molecule has 200 valence electrons. The fraction of sp³-hybridized carbons (Fsp3) is 0.619. The minimum atomic E-state index is -0.818. The van der Waals surface area contributed by atoms with Crippen LogP contribution in [0.3, 0.4) is 0 Å². The normalized spacial score (nSPS) is 15.8. The molecule has 0 aliphatic carbocycles. The summed E-state index contributed by atoms with van der Waals surface area (Å²) >= 11 is 0. The van der Waals surface area contributed by atoms with E-state index in [-0.39, 0.29) is 58.0 Å². The highest BCUT2D eigenvalue weighted by molar-refractivity contribution is 6.02. The Balaban J connectivity index is 0.000000362. The number of imide groups is 2. The van der Waals surface area contributed by atoms with Crippen LogP contribution in [0.1, 0.15) is 58.3 Å². The van der Waals surface area contributed by atoms with E-state index in [0.717, 1.165) is 0 Å². The van der Waals surface area contributed by atoms with Crippen molar-refractivity contribution >= 4 is 47.5 Å². The van der Waals surface area contributed by atoms with Crippen molar-refractivity contribution in [2.75, 3.05) is 20.8 Å². The van der Waals surface area contributed by atoms with Crippen LogP contribution in [0.4, 0.5) is 0 Å². The minimum Gasteiger partial charge on any atom is -0.469 e. The van der Waals surface area contributed by atoms with Crippen LogP contribution in [0.15, 0.2) is 0 Å². The Morgan fingerprint density at radius 1 is 0.722 bits per heavy atom. The number of hydroxylamine groups is 4. The molecule has 0 aromatic carbocycles. The summed E-state index contributed by atoms with van der Waals surface area (Å²) < 4.78 is 13.8. The van der Waals surface area contributed by atoms with E-state index < -0.39 is 53.6 Å². The molecule has 15 nitrogen and oxygen atoms in total. The maximum absolute atomic E-state index is 11.4. The fourth-order valence-corrected chi connectivity index (χ4v) is 2.73. The van der Waals surface area contributed by atoms with Gasteiger partial charge in [0.25, 0.3) is 23.6 Å². The number of hydrogen-bond donors (Lipinski definition) is 0. The third kappa shape index (κ3) is 10.6. The highest BCUT2D eigenvalue weighted by Gasteiger charge is 2.34. The molecule has 2 aliphatic heterocycles. The first kappa shape index (κ1) is 30.2. The third-order valence-corrected chi connectivity index (χ3v) is 4.44. The monoisotopic (exact) mass is 516 g/mol. The van der Waals surface area contributed by atoms with Gasteiger partial charge in [0.1, 0.15) is 12.7 Å². The SMILES string of the molecule is COC(=O)CCCC(=O)ON1C(=O)CCC1=O.COCC(=O)OC(C)CC(=O)ON1C(=O)CCC1=O. The van der Waals surface area contributed by atoms with Crippen molar-refractivity contribution in [3.63, 3.8) is 0 Å². The van der Waals surface area contributed by atoms with E-state index in [1.165, 1.54) is 21.1 Å². The molecule has 0 N–H and O–H groups in total. The molecule has 0 aromatic heterocycles. The number of hydrogen-bond acceptors (Lipinski definition) is 13. The van der Waals surface area contributed by atoms with E-state index in [9.17, 15) is 38.4 Å². The molecule has 0 aromatic rings.